The first-order valence-corrected chi connectivity index (χ1v) is 11.5. The van der Waals surface area contributed by atoms with Crippen LogP contribution < -0.4 is 10.4 Å². The predicted molar refractivity (Wildman–Crippen MR) is 132 cm³/mol. The third-order valence-corrected chi connectivity index (χ3v) is 6.11. The summed E-state index contributed by atoms with van der Waals surface area (Å²) >= 11 is 0. The summed E-state index contributed by atoms with van der Waals surface area (Å²) in [6.07, 6.45) is 2.57. The zero-order valence-corrected chi connectivity index (χ0v) is 18.6. The minimum absolute atomic E-state index is 0.344. The number of ether oxygens (including phenoxy) is 1. The number of rotatable bonds is 7. The molecule has 1 fully saturated rings. The van der Waals surface area contributed by atoms with Crippen molar-refractivity contribution in [1.82, 2.24) is 4.90 Å². The van der Waals surface area contributed by atoms with Crippen LogP contribution in [0.1, 0.15) is 12.8 Å². The van der Waals surface area contributed by atoms with Gasteiger partial charge in [-0.3, -0.25) is 4.90 Å². The van der Waals surface area contributed by atoms with E-state index in [0.717, 1.165) is 34.5 Å². The van der Waals surface area contributed by atoms with Gasteiger partial charge in [-0.2, -0.15) is 0 Å². The number of likely N-dealkylation sites (tertiary alicyclic amines) is 1. The number of hydrogen-bond donors (Lipinski definition) is 0. The fraction of sp³-hybridized carbons (Fsp3) is 0.207. The second-order valence-corrected chi connectivity index (χ2v) is 8.34. The van der Waals surface area contributed by atoms with Crippen molar-refractivity contribution in [2.75, 3.05) is 26.2 Å². The van der Waals surface area contributed by atoms with Crippen LogP contribution in [0, 0.1) is 0 Å². The molecule has 166 valence electrons. The summed E-state index contributed by atoms with van der Waals surface area (Å²) in [4.78, 5) is 15.6. The van der Waals surface area contributed by atoms with Gasteiger partial charge in [-0.1, -0.05) is 60.7 Å². The van der Waals surface area contributed by atoms with E-state index in [-0.39, 0.29) is 5.63 Å². The molecule has 0 N–H and O–H groups in total. The summed E-state index contributed by atoms with van der Waals surface area (Å²) in [5, 5.41) is 0. The Morgan fingerprint density at radius 2 is 1.39 bits per heavy atom. The third-order valence-electron chi connectivity index (χ3n) is 6.11. The van der Waals surface area contributed by atoms with E-state index in [0.29, 0.717) is 17.9 Å². The minimum Gasteiger partial charge on any atom is -0.492 e. The lowest BCUT2D eigenvalue weighted by Crippen LogP contribution is -2.25. The van der Waals surface area contributed by atoms with E-state index in [2.05, 4.69) is 4.90 Å². The van der Waals surface area contributed by atoms with Gasteiger partial charge in [-0.15, -0.1) is 0 Å². The average Bonchev–Trinajstić information content (AvgIpc) is 3.39. The first-order chi connectivity index (χ1) is 16.3. The normalized spacial score (nSPS) is 13.8. The van der Waals surface area contributed by atoms with Crippen LogP contribution >= 0.6 is 0 Å². The van der Waals surface area contributed by atoms with Gasteiger partial charge in [-0.25, -0.2) is 4.79 Å². The molecule has 0 radical (unpaired) electrons. The van der Waals surface area contributed by atoms with E-state index in [1.54, 1.807) is 0 Å². The number of benzene rings is 3. The van der Waals surface area contributed by atoms with Crippen molar-refractivity contribution in [2.24, 2.45) is 0 Å². The van der Waals surface area contributed by atoms with Crippen molar-refractivity contribution in [3.8, 4) is 39.3 Å². The predicted octanol–water partition coefficient (Wildman–Crippen LogP) is 6.12. The molecule has 0 atom stereocenters. The van der Waals surface area contributed by atoms with Crippen LogP contribution in [0.5, 0.6) is 5.75 Å². The van der Waals surface area contributed by atoms with Crippen LogP contribution in [-0.2, 0) is 0 Å². The molecule has 4 heteroatoms. The lowest BCUT2D eigenvalue weighted by molar-refractivity contribution is 0.238. The van der Waals surface area contributed by atoms with E-state index in [9.17, 15) is 4.79 Å². The van der Waals surface area contributed by atoms with E-state index >= 15 is 0 Å². The molecule has 0 aliphatic carbocycles. The highest BCUT2D eigenvalue weighted by Gasteiger charge is 2.16. The van der Waals surface area contributed by atoms with E-state index in [1.165, 1.54) is 25.9 Å². The second kappa shape index (κ2) is 9.88. The van der Waals surface area contributed by atoms with Gasteiger partial charge in [0, 0.05) is 17.7 Å². The molecule has 1 aliphatic heterocycles. The molecule has 0 saturated carbocycles. The van der Waals surface area contributed by atoms with E-state index < -0.39 is 0 Å². The van der Waals surface area contributed by atoms with Crippen molar-refractivity contribution >= 4 is 0 Å². The molecule has 0 spiro atoms. The van der Waals surface area contributed by atoms with E-state index in [4.69, 9.17) is 9.15 Å². The smallest absolute Gasteiger partial charge is 0.344 e. The van der Waals surface area contributed by atoms with Crippen molar-refractivity contribution in [3.05, 3.63) is 101 Å². The van der Waals surface area contributed by atoms with Gasteiger partial charge in [0.05, 0.1) is 5.56 Å². The molecular weight excluding hydrogens is 410 g/mol. The van der Waals surface area contributed by atoms with Crippen molar-refractivity contribution in [2.45, 2.75) is 12.8 Å². The molecule has 0 bridgehead atoms. The Labute approximate surface area is 194 Å². The lowest BCUT2D eigenvalue weighted by Gasteiger charge is -2.15. The maximum Gasteiger partial charge on any atom is 0.344 e. The molecule has 2 heterocycles. The Balaban J connectivity index is 1.44. The first-order valence-electron chi connectivity index (χ1n) is 11.5. The highest BCUT2D eigenvalue weighted by molar-refractivity contribution is 5.84. The highest BCUT2D eigenvalue weighted by atomic mass is 16.5. The minimum atomic E-state index is -0.344. The third kappa shape index (κ3) is 4.91. The number of hydrogen-bond acceptors (Lipinski definition) is 4. The molecule has 1 aromatic heterocycles. The summed E-state index contributed by atoms with van der Waals surface area (Å²) in [6.45, 7) is 3.98. The fourth-order valence-corrected chi connectivity index (χ4v) is 4.37. The second-order valence-electron chi connectivity index (χ2n) is 8.34. The van der Waals surface area contributed by atoms with Crippen LogP contribution in [-0.4, -0.2) is 31.1 Å². The highest BCUT2D eigenvalue weighted by Crippen LogP contribution is 2.33. The molecule has 0 amide bonds. The van der Waals surface area contributed by atoms with Gasteiger partial charge in [0.25, 0.3) is 0 Å². The standard InChI is InChI=1S/C29H27NO3/c31-29-28(24-11-5-2-6-12-24)26(22-9-3-1-4-10-22)21-27(33-29)23-13-15-25(16-14-23)32-20-19-30-17-7-8-18-30/h1-6,9-16,21H,7-8,17-20H2. The Hall–Kier alpha value is -3.63. The number of nitrogens with zero attached hydrogens (tertiary/aromatic N) is 1. The maximum absolute atomic E-state index is 13.1. The topological polar surface area (TPSA) is 42.7 Å². The molecule has 1 aliphatic rings. The van der Waals surface area contributed by atoms with Crippen LogP contribution in [0.4, 0.5) is 0 Å². The lowest BCUT2D eigenvalue weighted by atomic mass is 9.95. The Morgan fingerprint density at radius 3 is 2.06 bits per heavy atom. The molecule has 5 rings (SSSR count). The zero-order chi connectivity index (χ0) is 22.5. The molecule has 4 aromatic rings. The molecule has 33 heavy (non-hydrogen) atoms. The molecular formula is C29H27NO3. The largest absolute Gasteiger partial charge is 0.492 e. The summed E-state index contributed by atoms with van der Waals surface area (Å²) in [5.41, 5.74) is 3.76. The SMILES string of the molecule is O=c1oc(-c2ccc(OCCN3CCCC3)cc2)cc(-c2ccccc2)c1-c1ccccc1. The van der Waals surface area contributed by atoms with Gasteiger partial charge >= 0.3 is 5.63 Å². The maximum atomic E-state index is 13.1. The van der Waals surface area contributed by atoms with Gasteiger partial charge in [0.1, 0.15) is 18.1 Å². The molecule has 0 unspecified atom stereocenters. The van der Waals surface area contributed by atoms with Crippen LogP contribution in [0.2, 0.25) is 0 Å². The van der Waals surface area contributed by atoms with Gasteiger partial charge in [-0.05, 0) is 67.4 Å². The molecule has 3 aromatic carbocycles. The van der Waals surface area contributed by atoms with Gasteiger partial charge in [0.2, 0.25) is 0 Å². The first kappa shape index (κ1) is 21.2. The summed E-state index contributed by atoms with van der Waals surface area (Å²) in [5.74, 6) is 1.37. The van der Waals surface area contributed by atoms with Crippen LogP contribution in [0.25, 0.3) is 33.6 Å². The van der Waals surface area contributed by atoms with Gasteiger partial charge in [0.15, 0.2) is 0 Å². The van der Waals surface area contributed by atoms with Crippen molar-refractivity contribution < 1.29 is 9.15 Å². The van der Waals surface area contributed by atoms with Crippen molar-refractivity contribution in [1.29, 1.82) is 0 Å². The zero-order valence-electron chi connectivity index (χ0n) is 18.6. The molecule has 1 saturated heterocycles. The van der Waals surface area contributed by atoms with E-state index in [1.807, 2.05) is 91.0 Å². The van der Waals surface area contributed by atoms with Gasteiger partial charge < -0.3 is 9.15 Å². The molecule has 4 nitrogen and oxygen atoms in total. The Kier molecular flexibility index (Phi) is 6.36. The van der Waals surface area contributed by atoms with Crippen LogP contribution in [0.3, 0.4) is 0 Å². The summed E-state index contributed by atoms with van der Waals surface area (Å²) in [6, 6.07) is 29.4. The van der Waals surface area contributed by atoms with Crippen LogP contribution in [0.15, 0.2) is 100 Å². The summed E-state index contributed by atoms with van der Waals surface area (Å²) in [7, 11) is 0. The van der Waals surface area contributed by atoms with Crippen molar-refractivity contribution in [3.63, 3.8) is 0 Å². The fourth-order valence-electron chi connectivity index (χ4n) is 4.37. The monoisotopic (exact) mass is 437 g/mol. The summed E-state index contributed by atoms with van der Waals surface area (Å²) < 4.78 is 11.7. The average molecular weight is 438 g/mol. The Bertz CT molecular complexity index is 1240. The Morgan fingerprint density at radius 1 is 0.758 bits per heavy atom. The quantitative estimate of drug-likeness (QED) is 0.350.